The number of carbonyl (C=O) groups excluding carboxylic acids is 1. The number of amides is 1. The van der Waals surface area contributed by atoms with Gasteiger partial charge in [0.15, 0.2) is 0 Å². The van der Waals surface area contributed by atoms with E-state index in [2.05, 4.69) is 5.32 Å². The van der Waals surface area contributed by atoms with Crippen LogP contribution in [-0.4, -0.2) is 48.1 Å². The first-order valence-electron chi connectivity index (χ1n) is 6.56. The molecule has 0 aliphatic carbocycles. The molecule has 0 aliphatic heterocycles. The third-order valence-corrected chi connectivity index (χ3v) is 3.56. The minimum atomic E-state index is -1.24. The third-order valence-electron chi connectivity index (χ3n) is 3.56. The van der Waals surface area contributed by atoms with Gasteiger partial charge in [0.25, 0.3) is 5.91 Å². The van der Waals surface area contributed by atoms with Crippen LogP contribution in [0.2, 0.25) is 0 Å². The van der Waals surface area contributed by atoms with Crippen LogP contribution in [0.4, 0.5) is 0 Å². The molecule has 0 atom stereocenters. The largest absolute Gasteiger partial charge is 0.480 e. The highest BCUT2D eigenvalue weighted by molar-refractivity contribution is 5.98. The van der Waals surface area contributed by atoms with Crippen molar-refractivity contribution in [3.05, 3.63) is 35.4 Å². The average molecular weight is 278 g/mol. The molecule has 5 nitrogen and oxygen atoms in total. The Hall–Kier alpha value is -1.88. The number of aliphatic carboxylic acids is 1. The van der Waals surface area contributed by atoms with Gasteiger partial charge in [-0.15, -0.1) is 0 Å². The Bertz CT molecular complexity index is 498. The Morgan fingerprint density at radius 2 is 1.90 bits per heavy atom. The number of carboxylic acid groups (broad SMARTS) is 1. The van der Waals surface area contributed by atoms with E-state index in [1.54, 1.807) is 12.1 Å². The van der Waals surface area contributed by atoms with Crippen molar-refractivity contribution >= 4 is 11.9 Å². The van der Waals surface area contributed by atoms with Gasteiger partial charge in [-0.2, -0.15) is 0 Å². The highest BCUT2D eigenvalue weighted by Gasteiger charge is 2.36. The van der Waals surface area contributed by atoms with Crippen molar-refractivity contribution in [2.75, 3.05) is 20.6 Å². The molecule has 0 aliphatic rings. The number of rotatable bonds is 6. The van der Waals surface area contributed by atoms with Crippen molar-refractivity contribution < 1.29 is 14.7 Å². The second-order valence-electron chi connectivity index (χ2n) is 5.24. The van der Waals surface area contributed by atoms with Crippen molar-refractivity contribution in [1.82, 2.24) is 10.2 Å². The van der Waals surface area contributed by atoms with Crippen molar-refractivity contribution in [2.45, 2.75) is 25.8 Å². The molecule has 110 valence electrons. The average Bonchev–Trinajstić information content (AvgIpc) is 2.43. The zero-order chi connectivity index (χ0) is 15.3. The summed E-state index contributed by atoms with van der Waals surface area (Å²) in [7, 11) is 3.37. The maximum atomic E-state index is 12.5. The summed E-state index contributed by atoms with van der Waals surface area (Å²) in [5.74, 6) is -1.30. The van der Waals surface area contributed by atoms with Crippen molar-refractivity contribution in [3.8, 4) is 0 Å². The lowest BCUT2D eigenvalue weighted by atomic mass is 9.99. The van der Waals surface area contributed by atoms with Gasteiger partial charge >= 0.3 is 5.97 Å². The molecule has 1 aromatic rings. The number of benzene rings is 1. The molecule has 2 N–H and O–H groups in total. The fourth-order valence-corrected chi connectivity index (χ4v) is 1.78. The summed E-state index contributed by atoms with van der Waals surface area (Å²) < 4.78 is 0. The van der Waals surface area contributed by atoms with E-state index in [0.29, 0.717) is 5.56 Å². The number of likely N-dealkylation sites (N-methyl/N-ethyl adjacent to an activating group) is 2. The van der Waals surface area contributed by atoms with Crippen LogP contribution in [0.3, 0.4) is 0 Å². The first kappa shape index (κ1) is 16.2. The summed E-state index contributed by atoms with van der Waals surface area (Å²) >= 11 is 0. The zero-order valence-corrected chi connectivity index (χ0v) is 12.4. The van der Waals surface area contributed by atoms with Gasteiger partial charge in [0.1, 0.15) is 5.54 Å². The maximum Gasteiger partial charge on any atom is 0.329 e. The Labute approximate surface area is 119 Å². The molecule has 0 spiro atoms. The molecule has 1 rings (SSSR count). The highest BCUT2D eigenvalue weighted by atomic mass is 16.4. The van der Waals surface area contributed by atoms with Crippen LogP contribution in [0.15, 0.2) is 24.3 Å². The van der Waals surface area contributed by atoms with Gasteiger partial charge in [-0.3, -0.25) is 4.79 Å². The van der Waals surface area contributed by atoms with Gasteiger partial charge in [-0.25, -0.2) is 4.79 Å². The Morgan fingerprint density at radius 3 is 2.45 bits per heavy atom. The molecule has 0 fully saturated rings. The highest BCUT2D eigenvalue weighted by Crippen LogP contribution is 2.19. The molecular formula is C15H22N2O3. The van der Waals surface area contributed by atoms with E-state index in [-0.39, 0.29) is 5.91 Å². The molecule has 0 saturated carbocycles. The first-order valence-corrected chi connectivity index (χ1v) is 6.56. The summed E-state index contributed by atoms with van der Waals surface area (Å²) in [6, 6.07) is 7.30. The SMILES string of the molecule is CNCCc1ccccc1C(=O)N(C)C(C)(C)C(=O)O. The summed E-state index contributed by atoms with van der Waals surface area (Å²) in [6.07, 6.45) is 0.722. The smallest absolute Gasteiger partial charge is 0.329 e. The maximum absolute atomic E-state index is 12.5. The molecule has 0 aromatic heterocycles. The molecule has 0 heterocycles. The molecule has 0 saturated heterocycles. The van der Waals surface area contributed by atoms with Gasteiger partial charge in [0.05, 0.1) is 0 Å². The normalized spacial score (nSPS) is 11.2. The fourth-order valence-electron chi connectivity index (χ4n) is 1.78. The van der Waals surface area contributed by atoms with E-state index in [0.717, 1.165) is 18.5 Å². The summed E-state index contributed by atoms with van der Waals surface area (Å²) in [5, 5.41) is 12.3. The lowest BCUT2D eigenvalue weighted by Crippen LogP contribution is -2.51. The number of carboxylic acids is 1. The molecule has 20 heavy (non-hydrogen) atoms. The lowest BCUT2D eigenvalue weighted by molar-refractivity contribution is -0.147. The van der Waals surface area contributed by atoms with E-state index >= 15 is 0 Å². The number of carbonyl (C=O) groups is 2. The summed E-state index contributed by atoms with van der Waals surface area (Å²) in [4.78, 5) is 25.0. The van der Waals surface area contributed by atoms with Crippen molar-refractivity contribution in [1.29, 1.82) is 0 Å². The van der Waals surface area contributed by atoms with Crippen LogP contribution in [0, 0.1) is 0 Å². The van der Waals surface area contributed by atoms with Gasteiger partial charge in [0, 0.05) is 12.6 Å². The molecule has 0 bridgehead atoms. The monoisotopic (exact) mass is 278 g/mol. The van der Waals surface area contributed by atoms with Gasteiger partial charge in [-0.1, -0.05) is 18.2 Å². The van der Waals surface area contributed by atoms with Crippen LogP contribution in [-0.2, 0) is 11.2 Å². The quantitative estimate of drug-likeness (QED) is 0.825. The van der Waals surface area contributed by atoms with Crippen LogP contribution in [0.25, 0.3) is 0 Å². The van der Waals surface area contributed by atoms with E-state index in [4.69, 9.17) is 0 Å². The zero-order valence-electron chi connectivity index (χ0n) is 12.4. The van der Waals surface area contributed by atoms with Gasteiger partial charge < -0.3 is 15.3 Å². The minimum absolute atomic E-state index is 0.274. The number of hydrogen-bond donors (Lipinski definition) is 2. The number of nitrogens with one attached hydrogen (secondary N) is 1. The van der Waals surface area contributed by atoms with Crippen LogP contribution >= 0.6 is 0 Å². The third kappa shape index (κ3) is 3.36. The van der Waals surface area contributed by atoms with E-state index < -0.39 is 11.5 Å². The number of hydrogen-bond acceptors (Lipinski definition) is 3. The first-order chi connectivity index (χ1) is 9.32. The topological polar surface area (TPSA) is 69.6 Å². The molecule has 0 unspecified atom stereocenters. The van der Waals surface area contributed by atoms with Crippen LogP contribution < -0.4 is 5.32 Å². The van der Waals surface area contributed by atoms with Crippen molar-refractivity contribution in [3.63, 3.8) is 0 Å². The second kappa shape index (κ2) is 6.52. The molecule has 1 amide bonds. The van der Waals surface area contributed by atoms with Gasteiger partial charge in [0.2, 0.25) is 0 Å². The Balaban J connectivity index is 3.06. The summed E-state index contributed by atoms with van der Waals surface area (Å²) in [6.45, 7) is 3.79. The summed E-state index contributed by atoms with van der Waals surface area (Å²) in [5.41, 5.74) is 0.229. The van der Waals surface area contributed by atoms with Crippen LogP contribution in [0.1, 0.15) is 29.8 Å². The standard InChI is InChI=1S/C15H22N2O3/c1-15(2,14(19)20)17(4)13(18)12-8-6-5-7-11(12)9-10-16-3/h5-8,16H,9-10H2,1-4H3,(H,19,20). The lowest BCUT2D eigenvalue weighted by Gasteiger charge is -2.32. The van der Waals surface area contributed by atoms with Gasteiger partial charge in [-0.05, 0) is 45.5 Å². The van der Waals surface area contributed by atoms with E-state index in [1.807, 2.05) is 19.2 Å². The minimum Gasteiger partial charge on any atom is -0.480 e. The Kier molecular flexibility index (Phi) is 5.27. The molecule has 5 heteroatoms. The fraction of sp³-hybridized carbons (Fsp3) is 0.467. The number of nitrogens with zero attached hydrogens (tertiary/aromatic N) is 1. The van der Waals surface area contributed by atoms with E-state index in [1.165, 1.54) is 25.8 Å². The second-order valence-corrected chi connectivity index (χ2v) is 5.24. The molecule has 0 radical (unpaired) electrons. The Morgan fingerprint density at radius 1 is 1.30 bits per heavy atom. The molecule has 1 aromatic carbocycles. The van der Waals surface area contributed by atoms with Crippen LogP contribution in [0.5, 0.6) is 0 Å². The molecular weight excluding hydrogens is 256 g/mol. The predicted octanol–water partition coefficient (Wildman–Crippen LogP) is 1.38. The predicted molar refractivity (Wildman–Crippen MR) is 77.9 cm³/mol. The van der Waals surface area contributed by atoms with E-state index in [9.17, 15) is 14.7 Å². The van der Waals surface area contributed by atoms with Crippen molar-refractivity contribution in [2.24, 2.45) is 0 Å².